The maximum atomic E-state index is 13.2. The number of rotatable bonds is 5. The predicted octanol–water partition coefficient (Wildman–Crippen LogP) is 5.54. The lowest BCUT2D eigenvalue weighted by atomic mass is 10.1. The van der Waals surface area contributed by atoms with E-state index in [1.807, 2.05) is 17.5 Å². The molecule has 0 saturated carbocycles. The second kappa shape index (κ2) is 8.51. The third kappa shape index (κ3) is 4.32. The Morgan fingerprint density at radius 2 is 1.96 bits per heavy atom. The minimum Gasteiger partial charge on any atom is -0.376 e. The van der Waals surface area contributed by atoms with E-state index in [9.17, 15) is 9.18 Å². The number of amides is 1. The van der Waals surface area contributed by atoms with E-state index in [0.717, 1.165) is 35.2 Å². The van der Waals surface area contributed by atoms with Gasteiger partial charge in [0.05, 0.1) is 18.3 Å². The van der Waals surface area contributed by atoms with Crippen LogP contribution in [0.1, 0.15) is 23.2 Å². The number of ether oxygens (including phenoxy) is 1. The Morgan fingerprint density at radius 1 is 1.21 bits per heavy atom. The van der Waals surface area contributed by atoms with Crippen molar-refractivity contribution in [2.75, 3.05) is 18.1 Å². The topological polar surface area (TPSA) is 42.4 Å². The summed E-state index contributed by atoms with van der Waals surface area (Å²) < 4.78 is 19.9. The normalized spacial score (nSPS) is 16.3. The van der Waals surface area contributed by atoms with Crippen molar-refractivity contribution in [2.45, 2.75) is 18.9 Å². The highest BCUT2D eigenvalue weighted by atomic mass is 79.9. The van der Waals surface area contributed by atoms with E-state index in [1.54, 1.807) is 29.2 Å². The number of halogens is 2. The van der Waals surface area contributed by atoms with Gasteiger partial charge in [0.2, 0.25) is 0 Å². The van der Waals surface area contributed by atoms with Gasteiger partial charge in [-0.15, -0.1) is 11.3 Å². The van der Waals surface area contributed by atoms with E-state index < -0.39 is 0 Å². The first-order chi connectivity index (χ1) is 13.6. The zero-order valence-electron chi connectivity index (χ0n) is 15.0. The average Bonchev–Trinajstić information content (AvgIpc) is 3.39. The first kappa shape index (κ1) is 19.2. The second-order valence-electron chi connectivity index (χ2n) is 6.58. The predicted molar refractivity (Wildman–Crippen MR) is 112 cm³/mol. The molecule has 0 N–H and O–H groups in total. The molecule has 0 unspecified atom stereocenters. The Labute approximate surface area is 175 Å². The summed E-state index contributed by atoms with van der Waals surface area (Å²) in [5.41, 5.74) is 2.14. The average molecular weight is 461 g/mol. The summed E-state index contributed by atoms with van der Waals surface area (Å²) in [6, 6.07) is 13.5. The number of benzene rings is 2. The molecule has 1 aromatic heterocycles. The number of aromatic nitrogens is 1. The molecular formula is C21H18BrFN2O2S. The lowest BCUT2D eigenvalue weighted by Crippen LogP contribution is -2.37. The van der Waals surface area contributed by atoms with Crippen molar-refractivity contribution in [1.29, 1.82) is 0 Å². The molecule has 1 aliphatic heterocycles. The molecule has 4 rings (SSSR count). The van der Waals surface area contributed by atoms with E-state index in [-0.39, 0.29) is 17.8 Å². The first-order valence-electron chi connectivity index (χ1n) is 9.00. The van der Waals surface area contributed by atoms with Crippen molar-refractivity contribution in [3.63, 3.8) is 0 Å². The van der Waals surface area contributed by atoms with Crippen LogP contribution in [0.5, 0.6) is 0 Å². The molecule has 2 aromatic carbocycles. The van der Waals surface area contributed by atoms with E-state index in [0.29, 0.717) is 17.2 Å². The lowest BCUT2D eigenvalue weighted by molar-refractivity contribution is 0.0917. The van der Waals surface area contributed by atoms with Crippen LogP contribution >= 0.6 is 27.3 Å². The van der Waals surface area contributed by atoms with Crippen molar-refractivity contribution in [3.05, 3.63) is 69.8 Å². The smallest absolute Gasteiger partial charge is 0.260 e. The highest BCUT2D eigenvalue weighted by Gasteiger charge is 2.27. The van der Waals surface area contributed by atoms with E-state index in [4.69, 9.17) is 4.74 Å². The fourth-order valence-electron chi connectivity index (χ4n) is 3.13. The van der Waals surface area contributed by atoms with Crippen LogP contribution in [-0.4, -0.2) is 30.1 Å². The van der Waals surface area contributed by atoms with Crippen molar-refractivity contribution >= 4 is 38.3 Å². The molecule has 2 heterocycles. The van der Waals surface area contributed by atoms with Crippen molar-refractivity contribution < 1.29 is 13.9 Å². The van der Waals surface area contributed by atoms with Gasteiger partial charge in [0.1, 0.15) is 5.82 Å². The molecule has 1 atom stereocenters. The van der Waals surface area contributed by atoms with Gasteiger partial charge in [-0.2, -0.15) is 0 Å². The molecule has 1 saturated heterocycles. The van der Waals surface area contributed by atoms with Crippen molar-refractivity contribution in [3.8, 4) is 11.3 Å². The lowest BCUT2D eigenvalue weighted by Gasteiger charge is -2.23. The van der Waals surface area contributed by atoms with Gasteiger partial charge in [0.25, 0.3) is 5.91 Å². The van der Waals surface area contributed by atoms with E-state index in [1.165, 1.54) is 23.5 Å². The van der Waals surface area contributed by atoms with Crippen LogP contribution in [0.2, 0.25) is 0 Å². The number of hydrogen-bond donors (Lipinski definition) is 0. The summed E-state index contributed by atoms with van der Waals surface area (Å²) in [6.45, 7) is 1.19. The zero-order chi connectivity index (χ0) is 19.5. The van der Waals surface area contributed by atoms with Crippen molar-refractivity contribution in [2.24, 2.45) is 0 Å². The van der Waals surface area contributed by atoms with Gasteiger partial charge >= 0.3 is 0 Å². The molecular weight excluding hydrogens is 443 g/mol. The summed E-state index contributed by atoms with van der Waals surface area (Å²) in [6.07, 6.45) is 1.95. The highest BCUT2D eigenvalue weighted by molar-refractivity contribution is 9.10. The molecule has 1 aliphatic rings. The third-order valence-corrected chi connectivity index (χ3v) is 6.00. The molecule has 1 amide bonds. The largest absolute Gasteiger partial charge is 0.376 e. The van der Waals surface area contributed by atoms with Crippen LogP contribution < -0.4 is 4.90 Å². The summed E-state index contributed by atoms with van der Waals surface area (Å²) in [5, 5.41) is 2.50. The summed E-state index contributed by atoms with van der Waals surface area (Å²) in [4.78, 5) is 19.6. The van der Waals surface area contributed by atoms with E-state index in [2.05, 4.69) is 20.9 Å². The quantitative estimate of drug-likeness (QED) is 0.501. The monoisotopic (exact) mass is 460 g/mol. The summed E-state index contributed by atoms with van der Waals surface area (Å²) in [5.74, 6) is -0.396. The van der Waals surface area contributed by atoms with Gasteiger partial charge in [-0.1, -0.05) is 15.9 Å². The fraction of sp³-hybridized carbons (Fsp3) is 0.238. The standard InChI is InChI=1S/C21H18BrFN2O2S/c22-16-7-3-15(4-8-16)20(26)25(12-18-2-1-11-27-18)21-24-19(13-28-21)14-5-9-17(23)10-6-14/h3-10,13,18H,1-2,11-12H2/t18-/m1/s1. The number of hydrogen-bond acceptors (Lipinski definition) is 4. The number of nitrogens with zero attached hydrogens (tertiary/aromatic N) is 2. The summed E-state index contributed by atoms with van der Waals surface area (Å²) >= 11 is 4.80. The molecule has 3 aromatic rings. The Hall–Kier alpha value is -2.09. The van der Waals surface area contributed by atoms with Crippen LogP contribution in [0.4, 0.5) is 9.52 Å². The maximum Gasteiger partial charge on any atom is 0.260 e. The fourth-order valence-corrected chi connectivity index (χ4v) is 4.24. The molecule has 144 valence electrons. The van der Waals surface area contributed by atoms with E-state index >= 15 is 0 Å². The van der Waals surface area contributed by atoms with Crippen LogP contribution in [-0.2, 0) is 4.74 Å². The number of thiazole rings is 1. The Balaban J connectivity index is 1.64. The third-order valence-electron chi connectivity index (χ3n) is 4.61. The number of carbonyl (C=O) groups excluding carboxylic acids is 1. The second-order valence-corrected chi connectivity index (χ2v) is 8.33. The van der Waals surface area contributed by atoms with Gasteiger partial charge in [0, 0.05) is 27.6 Å². The van der Waals surface area contributed by atoms with Gasteiger partial charge in [-0.05, 0) is 61.4 Å². The first-order valence-corrected chi connectivity index (χ1v) is 10.7. The van der Waals surface area contributed by atoms with Crippen LogP contribution in [0.3, 0.4) is 0 Å². The molecule has 4 nitrogen and oxygen atoms in total. The minimum absolute atomic E-state index is 0.0116. The molecule has 0 spiro atoms. The van der Waals surface area contributed by atoms with Crippen LogP contribution in [0.25, 0.3) is 11.3 Å². The molecule has 0 bridgehead atoms. The van der Waals surface area contributed by atoms with Gasteiger partial charge in [-0.25, -0.2) is 9.37 Å². The highest BCUT2D eigenvalue weighted by Crippen LogP contribution is 2.30. The number of anilines is 1. The van der Waals surface area contributed by atoms with Gasteiger partial charge in [-0.3, -0.25) is 9.69 Å². The molecule has 0 aliphatic carbocycles. The molecule has 28 heavy (non-hydrogen) atoms. The van der Waals surface area contributed by atoms with Crippen molar-refractivity contribution in [1.82, 2.24) is 4.98 Å². The molecule has 1 fully saturated rings. The SMILES string of the molecule is O=C(c1ccc(Br)cc1)N(C[C@H]1CCCO1)c1nc(-c2ccc(F)cc2)cs1. The Bertz CT molecular complexity index is 953. The molecule has 0 radical (unpaired) electrons. The van der Waals surface area contributed by atoms with Gasteiger partial charge in [0.15, 0.2) is 5.13 Å². The summed E-state index contributed by atoms with van der Waals surface area (Å²) in [7, 11) is 0. The Morgan fingerprint density at radius 3 is 2.64 bits per heavy atom. The van der Waals surface area contributed by atoms with Crippen LogP contribution in [0.15, 0.2) is 58.4 Å². The Kier molecular flexibility index (Phi) is 5.85. The minimum atomic E-state index is -0.287. The zero-order valence-corrected chi connectivity index (χ0v) is 17.4. The number of carbonyl (C=O) groups is 1. The van der Waals surface area contributed by atoms with Crippen LogP contribution in [0, 0.1) is 5.82 Å². The van der Waals surface area contributed by atoms with Gasteiger partial charge < -0.3 is 4.74 Å². The maximum absolute atomic E-state index is 13.2. The molecule has 7 heteroatoms.